The van der Waals surface area contributed by atoms with Gasteiger partial charge in [-0.2, -0.15) is 0 Å². The van der Waals surface area contributed by atoms with Gasteiger partial charge in [-0.3, -0.25) is 14.4 Å². The first-order chi connectivity index (χ1) is 14.5. The van der Waals surface area contributed by atoms with Crippen molar-refractivity contribution in [2.45, 2.75) is 12.8 Å². The second-order valence-electron chi connectivity index (χ2n) is 7.39. The van der Waals surface area contributed by atoms with E-state index in [4.69, 9.17) is 11.6 Å². The van der Waals surface area contributed by atoms with Crippen LogP contribution in [0.5, 0.6) is 0 Å². The van der Waals surface area contributed by atoms with Gasteiger partial charge in [0.25, 0.3) is 0 Å². The van der Waals surface area contributed by atoms with Crippen molar-refractivity contribution >= 4 is 46.4 Å². The van der Waals surface area contributed by atoms with Gasteiger partial charge >= 0.3 is 0 Å². The lowest BCUT2D eigenvalue weighted by atomic mass is 10.1. The fourth-order valence-electron chi connectivity index (χ4n) is 3.85. The molecule has 0 atom stereocenters. The van der Waals surface area contributed by atoms with Gasteiger partial charge < -0.3 is 20.0 Å². The monoisotopic (exact) mass is 426 g/mol. The van der Waals surface area contributed by atoms with Crippen LogP contribution in [0.2, 0.25) is 5.02 Å². The van der Waals surface area contributed by atoms with Crippen molar-refractivity contribution < 1.29 is 14.4 Å². The first kappa shape index (κ1) is 20.2. The smallest absolute Gasteiger partial charge is 0.244 e. The first-order valence-corrected chi connectivity index (χ1v) is 10.4. The lowest BCUT2D eigenvalue weighted by Gasteiger charge is -2.36. The van der Waals surface area contributed by atoms with Crippen molar-refractivity contribution in [3.05, 3.63) is 53.6 Å². The third-order valence-corrected chi connectivity index (χ3v) is 5.67. The highest BCUT2D eigenvalue weighted by Gasteiger charge is 2.28. The van der Waals surface area contributed by atoms with E-state index in [1.165, 1.54) is 4.90 Å². The molecule has 30 heavy (non-hydrogen) atoms. The number of halogens is 1. The maximum atomic E-state index is 12.7. The van der Waals surface area contributed by atoms with Crippen molar-refractivity contribution in [1.29, 1.82) is 0 Å². The summed E-state index contributed by atoms with van der Waals surface area (Å²) in [5, 5.41) is 3.45. The van der Waals surface area contributed by atoms with E-state index in [9.17, 15) is 14.4 Å². The first-order valence-electron chi connectivity index (χ1n) is 9.99. The van der Waals surface area contributed by atoms with Crippen LogP contribution in [0.4, 0.5) is 17.1 Å². The molecule has 0 spiro atoms. The summed E-state index contributed by atoms with van der Waals surface area (Å²) in [6.07, 6.45) is 0.214. The molecule has 2 aromatic rings. The van der Waals surface area contributed by atoms with E-state index in [0.717, 1.165) is 18.8 Å². The van der Waals surface area contributed by atoms with Gasteiger partial charge in [0, 0.05) is 49.7 Å². The molecule has 0 saturated carbocycles. The Balaban J connectivity index is 1.30. The number of piperazine rings is 1. The Hall–Kier alpha value is -3.06. The topological polar surface area (TPSA) is 73.0 Å². The predicted octanol–water partition coefficient (Wildman–Crippen LogP) is 2.75. The molecule has 1 N–H and O–H groups in total. The lowest BCUT2D eigenvalue weighted by molar-refractivity contribution is -0.133. The zero-order valence-corrected chi connectivity index (χ0v) is 17.3. The molecule has 1 fully saturated rings. The van der Waals surface area contributed by atoms with Gasteiger partial charge in [-0.25, -0.2) is 0 Å². The van der Waals surface area contributed by atoms with E-state index in [2.05, 4.69) is 10.2 Å². The van der Waals surface area contributed by atoms with Gasteiger partial charge in [0.1, 0.15) is 6.54 Å². The standard InChI is InChI=1S/C22H23ClN4O3/c23-16-4-3-5-17(14-16)25-10-12-26(13-11-25)21(29)8-9-22(30)27-15-20(28)24-18-6-1-2-7-19(18)27/h1-7,14H,8-13,15H2,(H,24,28). The Morgan fingerprint density at radius 2 is 1.67 bits per heavy atom. The van der Waals surface area contributed by atoms with E-state index in [1.807, 2.05) is 30.3 Å². The fourth-order valence-corrected chi connectivity index (χ4v) is 4.03. The van der Waals surface area contributed by atoms with Crippen LogP contribution in [0.1, 0.15) is 12.8 Å². The number of nitrogens with one attached hydrogen (secondary N) is 1. The van der Waals surface area contributed by atoms with Crippen LogP contribution in [-0.4, -0.2) is 55.3 Å². The summed E-state index contributed by atoms with van der Waals surface area (Å²) >= 11 is 6.07. The molecule has 0 aliphatic carbocycles. The number of carbonyl (C=O) groups is 3. The van der Waals surface area contributed by atoms with Crippen molar-refractivity contribution in [2.24, 2.45) is 0 Å². The molecule has 2 aliphatic heterocycles. The van der Waals surface area contributed by atoms with E-state index in [-0.39, 0.29) is 37.1 Å². The predicted molar refractivity (Wildman–Crippen MR) is 117 cm³/mol. The zero-order chi connectivity index (χ0) is 21.1. The molecule has 2 aromatic carbocycles. The quantitative estimate of drug-likeness (QED) is 0.815. The average molecular weight is 427 g/mol. The summed E-state index contributed by atoms with van der Waals surface area (Å²) < 4.78 is 0. The molecule has 2 aliphatic rings. The normalized spacial score (nSPS) is 16.2. The van der Waals surface area contributed by atoms with E-state index < -0.39 is 0 Å². The van der Waals surface area contributed by atoms with Gasteiger partial charge in [0.2, 0.25) is 17.7 Å². The van der Waals surface area contributed by atoms with Gasteiger partial charge in [0.05, 0.1) is 11.4 Å². The van der Waals surface area contributed by atoms with Crippen LogP contribution < -0.4 is 15.1 Å². The number of hydrogen-bond donors (Lipinski definition) is 1. The van der Waals surface area contributed by atoms with E-state index in [1.54, 1.807) is 23.1 Å². The number of hydrogen-bond acceptors (Lipinski definition) is 4. The van der Waals surface area contributed by atoms with Gasteiger partial charge in [-0.1, -0.05) is 29.8 Å². The summed E-state index contributed by atoms with van der Waals surface area (Å²) in [4.78, 5) is 42.7. The molecule has 8 heteroatoms. The summed E-state index contributed by atoms with van der Waals surface area (Å²) in [5.41, 5.74) is 2.34. The maximum Gasteiger partial charge on any atom is 0.244 e. The number of amides is 3. The van der Waals surface area contributed by atoms with Crippen molar-refractivity contribution in [1.82, 2.24) is 4.90 Å². The molecule has 3 amide bonds. The maximum absolute atomic E-state index is 12.7. The molecule has 0 aromatic heterocycles. The highest BCUT2D eigenvalue weighted by molar-refractivity contribution is 6.30. The Labute approximate surface area is 180 Å². The Morgan fingerprint density at radius 1 is 0.933 bits per heavy atom. The Kier molecular flexibility index (Phi) is 5.90. The molecule has 0 unspecified atom stereocenters. The zero-order valence-electron chi connectivity index (χ0n) is 16.5. The lowest BCUT2D eigenvalue weighted by Crippen LogP contribution is -2.49. The summed E-state index contributed by atoms with van der Waals surface area (Å²) in [6, 6.07) is 14.9. The van der Waals surface area contributed by atoms with Crippen molar-refractivity contribution in [3.8, 4) is 0 Å². The molecule has 7 nitrogen and oxygen atoms in total. The molecule has 156 valence electrons. The number of rotatable bonds is 4. The molecular formula is C22H23ClN4O3. The van der Waals surface area contributed by atoms with Gasteiger partial charge in [-0.05, 0) is 30.3 Å². The molecule has 1 saturated heterocycles. The summed E-state index contributed by atoms with van der Waals surface area (Å²) in [7, 11) is 0. The minimum atomic E-state index is -0.231. The van der Waals surface area contributed by atoms with Gasteiger partial charge in [-0.15, -0.1) is 0 Å². The van der Waals surface area contributed by atoms with Crippen LogP contribution in [0.15, 0.2) is 48.5 Å². The highest BCUT2D eigenvalue weighted by atomic mass is 35.5. The summed E-state index contributed by atoms with van der Waals surface area (Å²) in [5.74, 6) is -0.488. The van der Waals surface area contributed by atoms with E-state index >= 15 is 0 Å². The molecule has 2 heterocycles. The third-order valence-electron chi connectivity index (χ3n) is 5.43. The van der Waals surface area contributed by atoms with Crippen LogP contribution in [0.25, 0.3) is 0 Å². The Morgan fingerprint density at radius 3 is 2.43 bits per heavy atom. The molecule has 4 rings (SSSR count). The van der Waals surface area contributed by atoms with Crippen LogP contribution >= 0.6 is 11.6 Å². The molecule has 0 bridgehead atoms. The number of para-hydroxylation sites is 2. The van der Waals surface area contributed by atoms with Crippen LogP contribution in [-0.2, 0) is 14.4 Å². The van der Waals surface area contributed by atoms with Gasteiger partial charge in [0.15, 0.2) is 0 Å². The number of fused-ring (bicyclic) bond motifs is 1. The van der Waals surface area contributed by atoms with E-state index in [0.29, 0.717) is 29.5 Å². The number of nitrogens with zero attached hydrogens (tertiary/aromatic N) is 3. The number of anilines is 3. The SMILES string of the molecule is O=C1CN(C(=O)CCC(=O)N2CCN(c3cccc(Cl)c3)CC2)c2ccccc2N1. The van der Waals surface area contributed by atoms with Crippen LogP contribution in [0.3, 0.4) is 0 Å². The minimum absolute atomic E-state index is 0.0254. The van der Waals surface area contributed by atoms with Crippen molar-refractivity contribution in [3.63, 3.8) is 0 Å². The second-order valence-corrected chi connectivity index (χ2v) is 7.83. The highest BCUT2D eigenvalue weighted by Crippen LogP contribution is 2.29. The second kappa shape index (κ2) is 8.75. The number of carbonyl (C=O) groups excluding carboxylic acids is 3. The third kappa shape index (κ3) is 4.41. The van der Waals surface area contributed by atoms with Crippen LogP contribution in [0, 0.1) is 0 Å². The minimum Gasteiger partial charge on any atom is -0.368 e. The summed E-state index contributed by atoms with van der Waals surface area (Å²) in [6.45, 7) is 2.63. The largest absolute Gasteiger partial charge is 0.368 e. The average Bonchev–Trinajstić information content (AvgIpc) is 2.76. The molecular weight excluding hydrogens is 404 g/mol. The fraction of sp³-hybridized carbons (Fsp3) is 0.318. The van der Waals surface area contributed by atoms with Crippen molar-refractivity contribution in [2.75, 3.05) is 47.8 Å². The molecule has 0 radical (unpaired) electrons. The Bertz CT molecular complexity index is 972. The number of benzene rings is 2.